The fraction of sp³-hybridized carbons (Fsp3) is 0.533. The predicted octanol–water partition coefficient (Wildman–Crippen LogP) is 4.29. The van der Waals surface area contributed by atoms with Crippen LogP contribution in [0.15, 0.2) is 36.4 Å². The van der Waals surface area contributed by atoms with Crippen LogP contribution in [-0.4, -0.2) is 79.3 Å². The van der Waals surface area contributed by atoms with Gasteiger partial charge in [0.25, 0.3) is 0 Å². The number of unbranched alkanes of at least 4 members (excludes halogenated alkanes) is 1. The Bertz CT molecular complexity index is 1370. The van der Waals surface area contributed by atoms with Crippen LogP contribution in [0.1, 0.15) is 59.2 Å². The second kappa shape index (κ2) is 12.7. The van der Waals surface area contributed by atoms with Gasteiger partial charge in [0, 0.05) is 44.0 Å². The highest BCUT2D eigenvalue weighted by Gasteiger charge is 2.31. The molecule has 1 aliphatic heterocycles. The predicted molar refractivity (Wildman–Crippen MR) is 157 cm³/mol. The average molecular weight is 551 g/mol. The number of aliphatic hydroxyl groups excluding tert-OH is 1. The Morgan fingerprint density at radius 1 is 1.18 bits per heavy atom. The molecule has 0 radical (unpaired) electrons. The summed E-state index contributed by atoms with van der Waals surface area (Å²) >= 11 is 0. The normalized spacial score (nSPS) is 14.9. The van der Waals surface area contributed by atoms with Crippen LogP contribution in [0.4, 0.5) is 10.6 Å². The number of allylic oxidation sites excluding steroid dienone is 1. The van der Waals surface area contributed by atoms with Gasteiger partial charge in [0.1, 0.15) is 23.5 Å². The molecule has 2 amide bonds. The summed E-state index contributed by atoms with van der Waals surface area (Å²) in [6.45, 7) is 9.09. The lowest BCUT2D eigenvalue weighted by molar-refractivity contribution is -0.136. The van der Waals surface area contributed by atoms with Crippen LogP contribution in [0.5, 0.6) is 0 Å². The van der Waals surface area contributed by atoms with Crippen molar-refractivity contribution in [3.05, 3.63) is 42.2 Å². The lowest BCUT2D eigenvalue weighted by Crippen LogP contribution is -2.50. The molecule has 216 valence electrons. The van der Waals surface area contributed by atoms with E-state index < -0.39 is 12.2 Å². The number of carbonyl (C=O) groups excluding carboxylic acids is 2. The van der Waals surface area contributed by atoms with Gasteiger partial charge in [0.2, 0.25) is 5.91 Å². The summed E-state index contributed by atoms with van der Waals surface area (Å²) in [6.07, 6.45) is 7.83. The van der Waals surface area contributed by atoms with E-state index in [-0.39, 0.29) is 18.0 Å². The number of likely N-dealkylation sites (tertiary alicyclic amines) is 1. The van der Waals surface area contributed by atoms with Gasteiger partial charge in [-0.1, -0.05) is 43.7 Å². The Labute approximate surface area is 235 Å². The number of nitrogens with zero attached hydrogens (tertiary/aromatic N) is 5. The van der Waals surface area contributed by atoms with Crippen molar-refractivity contribution in [3.8, 4) is 0 Å². The first-order chi connectivity index (χ1) is 19.1. The molecule has 0 unspecified atom stereocenters. The largest absolute Gasteiger partial charge is 0.444 e. The second-order valence-corrected chi connectivity index (χ2v) is 11.3. The number of hydrogen-bond acceptors (Lipinski definition) is 7. The molecule has 3 N–H and O–H groups in total. The number of piperidine rings is 1. The van der Waals surface area contributed by atoms with E-state index in [1.165, 1.54) is 0 Å². The molecule has 10 heteroatoms. The first-order valence-electron chi connectivity index (χ1n) is 14.2. The lowest BCUT2D eigenvalue weighted by Gasteiger charge is -2.38. The molecule has 0 atom stereocenters. The van der Waals surface area contributed by atoms with E-state index in [2.05, 4.69) is 16.5 Å². The molecule has 1 saturated heterocycles. The lowest BCUT2D eigenvalue weighted by atomic mass is 10.0. The van der Waals surface area contributed by atoms with Crippen LogP contribution in [0.2, 0.25) is 0 Å². The van der Waals surface area contributed by atoms with E-state index in [4.69, 9.17) is 15.5 Å². The third-order valence-electron chi connectivity index (χ3n) is 7.21. The molecule has 2 aromatic heterocycles. The molecular weight excluding hydrogens is 508 g/mol. The number of benzene rings is 1. The molecule has 40 heavy (non-hydrogen) atoms. The number of anilines is 1. The third-order valence-corrected chi connectivity index (χ3v) is 7.21. The number of fused-ring (bicyclic) bond motifs is 3. The number of para-hydroxylation sites is 1. The van der Waals surface area contributed by atoms with Crippen molar-refractivity contribution in [2.45, 2.75) is 78.0 Å². The minimum atomic E-state index is -0.552. The Kier molecular flexibility index (Phi) is 9.29. The maximum absolute atomic E-state index is 12.7. The molecule has 1 fully saturated rings. The quantitative estimate of drug-likeness (QED) is 0.381. The number of hydrogen-bond donors (Lipinski definition) is 2. The fourth-order valence-corrected chi connectivity index (χ4v) is 5.23. The first kappa shape index (κ1) is 29.3. The van der Waals surface area contributed by atoms with Gasteiger partial charge in [-0.3, -0.25) is 4.79 Å². The highest BCUT2D eigenvalue weighted by Crippen LogP contribution is 2.29. The van der Waals surface area contributed by atoms with Crippen LogP contribution >= 0.6 is 0 Å². The number of amides is 2. The third kappa shape index (κ3) is 6.72. The van der Waals surface area contributed by atoms with Gasteiger partial charge in [0.05, 0.1) is 11.0 Å². The minimum Gasteiger partial charge on any atom is -0.444 e. The Balaban J connectivity index is 1.50. The maximum Gasteiger partial charge on any atom is 0.410 e. The maximum atomic E-state index is 12.7. The van der Waals surface area contributed by atoms with Gasteiger partial charge in [-0.05, 0) is 46.1 Å². The number of carbonyl (C=O) groups is 2. The fourth-order valence-electron chi connectivity index (χ4n) is 5.23. The standard InChI is InChI=1S/C30H42N6O4/c1-5-6-13-24-33-26-27(22-11-7-8-12-23(22)32-28(26)31)36(24)17-10-9-16-35(25(38)20-37)21-14-18-34(19-15-21)29(39)40-30(2,3)4/h7-12,21,37H,5-6,13-20H2,1-4H3,(H2,31,32)/b10-9+. The minimum absolute atomic E-state index is 0.0630. The topological polar surface area (TPSA) is 127 Å². The van der Waals surface area contributed by atoms with Crippen LogP contribution in [0.25, 0.3) is 21.9 Å². The van der Waals surface area contributed by atoms with Crippen molar-refractivity contribution in [1.82, 2.24) is 24.3 Å². The molecule has 10 nitrogen and oxygen atoms in total. The van der Waals surface area contributed by atoms with Crippen LogP contribution in [0.3, 0.4) is 0 Å². The number of aliphatic hydroxyl groups is 1. The molecule has 0 bridgehead atoms. The molecule has 3 aromatic rings. The highest BCUT2D eigenvalue weighted by atomic mass is 16.6. The molecule has 4 rings (SSSR count). The molecule has 3 heterocycles. The van der Waals surface area contributed by atoms with E-state index in [0.717, 1.165) is 41.5 Å². The van der Waals surface area contributed by atoms with Crippen molar-refractivity contribution < 1.29 is 19.4 Å². The second-order valence-electron chi connectivity index (χ2n) is 11.3. The van der Waals surface area contributed by atoms with Crippen molar-refractivity contribution >= 4 is 39.8 Å². The van der Waals surface area contributed by atoms with E-state index >= 15 is 0 Å². The Morgan fingerprint density at radius 2 is 1.90 bits per heavy atom. The number of nitrogen functional groups attached to an aromatic ring is 1. The van der Waals surface area contributed by atoms with Crippen LogP contribution < -0.4 is 5.73 Å². The number of aryl methyl sites for hydroxylation is 1. The first-order valence-corrected chi connectivity index (χ1v) is 14.2. The summed E-state index contributed by atoms with van der Waals surface area (Å²) in [5, 5.41) is 10.6. The van der Waals surface area contributed by atoms with Crippen molar-refractivity contribution in [2.75, 3.05) is 32.0 Å². The van der Waals surface area contributed by atoms with Gasteiger partial charge in [0.15, 0.2) is 5.82 Å². The monoisotopic (exact) mass is 550 g/mol. The molecule has 1 aliphatic rings. The van der Waals surface area contributed by atoms with Gasteiger partial charge >= 0.3 is 6.09 Å². The number of aromatic nitrogens is 3. The summed E-state index contributed by atoms with van der Waals surface area (Å²) < 4.78 is 7.69. The van der Waals surface area contributed by atoms with E-state index in [0.29, 0.717) is 50.4 Å². The Hall–Kier alpha value is -3.66. The van der Waals surface area contributed by atoms with Crippen LogP contribution in [-0.2, 0) is 22.5 Å². The van der Waals surface area contributed by atoms with Gasteiger partial charge in [-0.15, -0.1) is 0 Å². The van der Waals surface area contributed by atoms with Gasteiger partial charge in [-0.25, -0.2) is 14.8 Å². The number of pyridine rings is 1. The SMILES string of the molecule is CCCCc1nc2c(N)nc3ccccc3c2n1C/C=C/CN(C(=O)CO)C1CCN(C(=O)OC(C)(C)C)CC1. The van der Waals surface area contributed by atoms with Crippen molar-refractivity contribution in [1.29, 1.82) is 0 Å². The van der Waals surface area contributed by atoms with Crippen molar-refractivity contribution in [2.24, 2.45) is 0 Å². The summed E-state index contributed by atoms with van der Waals surface area (Å²) in [7, 11) is 0. The molecule has 0 aliphatic carbocycles. The number of nitrogens with two attached hydrogens (primary N) is 1. The smallest absolute Gasteiger partial charge is 0.410 e. The Morgan fingerprint density at radius 3 is 2.58 bits per heavy atom. The molecule has 0 saturated carbocycles. The molecule has 0 spiro atoms. The van der Waals surface area contributed by atoms with Gasteiger partial charge in [-0.2, -0.15) is 0 Å². The zero-order valence-electron chi connectivity index (χ0n) is 24.1. The summed E-state index contributed by atoms with van der Waals surface area (Å²) in [6, 6.07) is 7.87. The highest BCUT2D eigenvalue weighted by molar-refractivity contribution is 6.06. The van der Waals surface area contributed by atoms with Crippen molar-refractivity contribution in [3.63, 3.8) is 0 Å². The zero-order chi connectivity index (χ0) is 28.9. The molecular formula is C30H42N6O4. The summed E-state index contributed by atoms with van der Waals surface area (Å²) in [4.78, 5) is 37.9. The summed E-state index contributed by atoms with van der Waals surface area (Å²) in [5.41, 5.74) is 8.27. The number of imidazole rings is 1. The average Bonchev–Trinajstić information content (AvgIpc) is 3.30. The number of rotatable bonds is 9. The summed E-state index contributed by atoms with van der Waals surface area (Å²) in [5.74, 6) is 1.07. The van der Waals surface area contributed by atoms with E-state index in [1.807, 2.05) is 57.2 Å². The van der Waals surface area contributed by atoms with Crippen LogP contribution in [0, 0.1) is 0 Å². The van der Waals surface area contributed by atoms with E-state index in [9.17, 15) is 14.7 Å². The molecule has 1 aromatic carbocycles. The number of ether oxygens (including phenoxy) is 1. The van der Waals surface area contributed by atoms with Gasteiger partial charge < -0.3 is 29.9 Å². The zero-order valence-corrected chi connectivity index (χ0v) is 24.1. The van der Waals surface area contributed by atoms with E-state index in [1.54, 1.807) is 9.80 Å².